The summed E-state index contributed by atoms with van der Waals surface area (Å²) in [5, 5.41) is 1.81. The topological polar surface area (TPSA) is 45.1 Å². The Morgan fingerprint density at radius 1 is 0.892 bits per heavy atom. The van der Waals surface area contributed by atoms with E-state index in [1.54, 1.807) is 30.6 Å². The van der Waals surface area contributed by atoms with Crippen molar-refractivity contribution in [2.75, 3.05) is 19.1 Å². The van der Waals surface area contributed by atoms with Crippen molar-refractivity contribution in [1.82, 2.24) is 4.90 Å². The molecule has 0 unspecified atom stereocenters. The van der Waals surface area contributed by atoms with E-state index in [1.807, 2.05) is 24.1 Å². The Bertz CT molecular complexity index is 1230. The van der Waals surface area contributed by atoms with E-state index < -0.39 is 0 Å². The Hall–Kier alpha value is -2.38. The normalized spacial score (nSPS) is 24.3. The molecule has 0 radical (unpaired) electrons. The van der Waals surface area contributed by atoms with Gasteiger partial charge in [-0.3, -0.25) is 9.69 Å². The van der Waals surface area contributed by atoms with Gasteiger partial charge < -0.3 is 9.64 Å². The van der Waals surface area contributed by atoms with E-state index in [4.69, 9.17) is 9.73 Å². The van der Waals surface area contributed by atoms with Gasteiger partial charge in [0.25, 0.3) is 5.91 Å². The third kappa shape index (κ3) is 4.92. The van der Waals surface area contributed by atoms with E-state index in [0.717, 1.165) is 50.0 Å². The highest BCUT2D eigenvalue weighted by Gasteiger charge is 2.42. The number of nitrogens with zero attached hydrogens (tertiary/aromatic N) is 3. The number of fused-ring (bicyclic) bond motifs is 1. The zero-order chi connectivity index (χ0) is 25.4. The van der Waals surface area contributed by atoms with Gasteiger partial charge in [-0.1, -0.05) is 62.4 Å². The summed E-state index contributed by atoms with van der Waals surface area (Å²) in [6.45, 7) is 0. The number of anilines is 1. The molecule has 0 spiro atoms. The number of thioether (sulfide) groups is 2. The lowest BCUT2D eigenvalue weighted by atomic mass is 9.84. The summed E-state index contributed by atoms with van der Waals surface area (Å²) in [4.78, 5) is 25.1. The highest BCUT2D eigenvalue weighted by molar-refractivity contribution is 8.19. The maximum Gasteiger partial charge on any atom is 0.269 e. The van der Waals surface area contributed by atoms with Crippen LogP contribution in [0.4, 0.5) is 11.4 Å². The molecule has 2 aliphatic carbocycles. The molecular formula is C30H35N3O2S2. The summed E-state index contributed by atoms with van der Waals surface area (Å²) in [6.07, 6.45) is 12.3. The number of methoxy groups -OCH3 is 1. The zero-order valence-electron chi connectivity index (χ0n) is 21.7. The molecule has 6 rings (SSSR count). The van der Waals surface area contributed by atoms with Gasteiger partial charge >= 0.3 is 0 Å². The summed E-state index contributed by atoms with van der Waals surface area (Å²) < 4.78 is 5.44. The van der Waals surface area contributed by atoms with Gasteiger partial charge in [0.15, 0.2) is 5.17 Å². The number of ether oxygens (including phenoxy) is 1. The van der Waals surface area contributed by atoms with Gasteiger partial charge in [-0.2, -0.15) is 0 Å². The number of aliphatic imine (C=N–C) groups is 1. The van der Waals surface area contributed by atoms with Gasteiger partial charge in [-0.15, -0.1) is 0 Å². The number of rotatable bonds is 4. The smallest absolute Gasteiger partial charge is 0.269 e. The third-order valence-corrected chi connectivity index (χ3v) is 10.6. The summed E-state index contributed by atoms with van der Waals surface area (Å²) >= 11 is 3.21. The van der Waals surface area contributed by atoms with Crippen LogP contribution in [0.15, 0.2) is 62.3 Å². The summed E-state index contributed by atoms with van der Waals surface area (Å²) in [6, 6.07) is 15.1. The highest BCUT2D eigenvalue weighted by atomic mass is 32.2. The molecule has 0 atom stereocenters. The van der Waals surface area contributed by atoms with Gasteiger partial charge in [0, 0.05) is 24.1 Å². The minimum absolute atomic E-state index is 0.101. The first-order chi connectivity index (χ1) is 18.1. The van der Waals surface area contributed by atoms with Crippen LogP contribution >= 0.6 is 23.5 Å². The molecule has 2 saturated carbocycles. The number of amidine groups is 1. The molecular weight excluding hydrogens is 498 g/mol. The second-order valence-corrected chi connectivity index (χ2v) is 12.5. The SMILES string of the molecule is COc1ccc2c(c1)N(C)C(=C1SC(=Nc3ccc(C4CCCCC4)cc3)N(C3CCCCC3)C1=O)S2. The third-order valence-electron chi connectivity index (χ3n) is 8.18. The molecule has 194 valence electrons. The molecule has 2 aliphatic heterocycles. The largest absolute Gasteiger partial charge is 0.497 e. The van der Waals surface area contributed by atoms with E-state index in [0.29, 0.717) is 5.92 Å². The van der Waals surface area contributed by atoms with Crippen molar-refractivity contribution in [2.45, 2.75) is 81.1 Å². The number of hydrogen-bond acceptors (Lipinski definition) is 6. The Morgan fingerprint density at radius 2 is 1.59 bits per heavy atom. The van der Waals surface area contributed by atoms with E-state index in [1.165, 1.54) is 56.9 Å². The fourth-order valence-corrected chi connectivity index (χ4v) is 8.46. The van der Waals surface area contributed by atoms with Crippen LogP contribution in [0.1, 0.15) is 75.7 Å². The fraction of sp³-hybridized carbons (Fsp3) is 0.467. The van der Waals surface area contributed by atoms with Gasteiger partial charge in [0.1, 0.15) is 10.7 Å². The van der Waals surface area contributed by atoms with Gasteiger partial charge in [-0.05, 0) is 73.2 Å². The monoisotopic (exact) mass is 533 g/mol. The maximum absolute atomic E-state index is 14.0. The number of amides is 1. The lowest BCUT2D eigenvalue weighted by molar-refractivity contribution is -0.124. The molecule has 2 heterocycles. The molecule has 2 aromatic rings. The molecule has 37 heavy (non-hydrogen) atoms. The first-order valence-electron chi connectivity index (χ1n) is 13.7. The van der Waals surface area contributed by atoms with Crippen LogP contribution in [0.2, 0.25) is 0 Å². The van der Waals surface area contributed by atoms with E-state index in [2.05, 4.69) is 35.2 Å². The molecule has 3 fully saturated rings. The molecule has 0 N–H and O–H groups in total. The van der Waals surface area contributed by atoms with Crippen molar-refractivity contribution in [3.63, 3.8) is 0 Å². The van der Waals surface area contributed by atoms with Crippen molar-refractivity contribution in [1.29, 1.82) is 0 Å². The van der Waals surface area contributed by atoms with Crippen molar-refractivity contribution in [2.24, 2.45) is 4.99 Å². The van der Waals surface area contributed by atoms with Gasteiger partial charge in [0.2, 0.25) is 0 Å². The van der Waals surface area contributed by atoms with Crippen LogP contribution < -0.4 is 9.64 Å². The lowest BCUT2D eigenvalue weighted by Crippen LogP contribution is -2.40. The van der Waals surface area contributed by atoms with E-state index in [-0.39, 0.29) is 11.9 Å². The number of carbonyl (C=O) groups excluding carboxylic acids is 1. The maximum atomic E-state index is 14.0. The fourth-order valence-electron chi connectivity index (χ4n) is 6.07. The number of carbonyl (C=O) groups is 1. The minimum atomic E-state index is 0.101. The summed E-state index contributed by atoms with van der Waals surface area (Å²) in [5.41, 5.74) is 3.44. The number of benzene rings is 2. The Labute approximate surface area is 228 Å². The molecule has 5 nitrogen and oxygen atoms in total. The molecule has 0 aromatic heterocycles. The second kappa shape index (κ2) is 10.8. The first-order valence-corrected chi connectivity index (χ1v) is 15.3. The van der Waals surface area contributed by atoms with E-state index >= 15 is 0 Å². The Kier molecular flexibility index (Phi) is 7.26. The number of hydrogen-bond donors (Lipinski definition) is 0. The molecule has 7 heteroatoms. The zero-order valence-corrected chi connectivity index (χ0v) is 23.4. The van der Waals surface area contributed by atoms with Crippen LogP contribution in [-0.2, 0) is 4.79 Å². The van der Waals surface area contributed by atoms with Crippen LogP contribution in [-0.4, -0.2) is 36.2 Å². The highest BCUT2D eigenvalue weighted by Crippen LogP contribution is 2.51. The van der Waals surface area contributed by atoms with Crippen LogP contribution in [0.3, 0.4) is 0 Å². The van der Waals surface area contributed by atoms with Crippen molar-refractivity contribution < 1.29 is 9.53 Å². The Balaban J connectivity index is 1.32. The summed E-state index contributed by atoms with van der Waals surface area (Å²) in [7, 11) is 3.73. The van der Waals surface area contributed by atoms with Gasteiger partial charge in [-0.25, -0.2) is 4.99 Å². The van der Waals surface area contributed by atoms with Crippen LogP contribution in [0, 0.1) is 0 Å². The molecule has 1 saturated heterocycles. The van der Waals surface area contributed by atoms with Crippen LogP contribution in [0.25, 0.3) is 0 Å². The van der Waals surface area contributed by atoms with Crippen molar-refractivity contribution in [3.8, 4) is 5.75 Å². The molecule has 0 bridgehead atoms. The predicted octanol–water partition coefficient (Wildman–Crippen LogP) is 8.05. The van der Waals surface area contributed by atoms with Crippen molar-refractivity contribution >= 4 is 46.0 Å². The average Bonchev–Trinajstić information content (AvgIpc) is 3.45. The van der Waals surface area contributed by atoms with Gasteiger partial charge in [0.05, 0.1) is 23.5 Å². The quantitative estimate of drug-likeness (QED) is 0.372. The first kappa shape index (κ1) is 24.9. The molecule has 1 amide bonds. The lowest BCUT2D eigenvalue weighted by Gasteiger charge is -2.30. The summed E-state index contributed by atoms with van der Waals surface area (Å²) in [5.74, 6) is 1.61. The standard InChI is InChI=1S/C30H35N3O2S2/c1-32-25-19-24(35-2)17-18-26(25)36-29(32)27-28(34)33(23-11-7-4-8-12-23)30(37-27)31-22-15-13-21(14-16-22)20-9-5-3-6-10-20/h13-20,23H,3-12H2,1-2H3. The average molecular weight is 534 g/mol. The van der Waals surface area contributed by atoms with Crippen LogP contribution in [0.5, 0.6) is 5.75 Å². The Morgan fingerprint density at radius 3 is 2.30 bits per heavy atom. The minimum Gasteiger partial charge on any atom is -0.497 e. The van der Waals surface area contributed by atoms with E-state index in [9.17, 15) is 4.79 Å². The predicted molar refractivity (Wildman–Crippen MR) is 155 cm³/mol. The second-order valence-electron chi connectivity index (χ2n) is 10.5. The molecule has 4 aliphatic rings. The van der Waals surface area contributed by atoms with Crippen molar-refractivity contribution in [3.05, 3.63) is 58.0 Å². The molecule has 2 aromatic carbocycles.